The highest BCUT2D eigenvalue weighted by molar-refractivity contribution is 5.47. The molecule has 0 bridgehead atoms. The van der Waals surface area contributed by atoms with E-state index in [0.29, 0.717) is 0 Å². The van der Waals surface area contributed by atoms with Gasteiger partial charge in [0.05, 0.1) is 14.2 Å². The Morgan fingerprint density at radius 2 is 1.95 bits per heavy atom. The minimum absolute atomic E-state index is 0.737. The van der Waals surface area contributed by atoms with Crippen LogP contribution in [0.3, 0.4) is 0 Å². The molecule has 1 aromatic carbocycles. The van der Waals surface area contributed by atoms with Crippen LogP contribution in [-0.2, 0) is 6.42 Å². The number of benzene rings is 1. The third-order valence-corrected chi connectivity index (χ3v) is 4.00. The van der Waals surface area contributed by atoms with Gasteiger partial charge in [-0.3, -0.25) is 0 Å². The molecule has 0 radical (unpaired) electrons. The molecule has 1 unspecified atom stereocenters. The molecule has 0 spiro atoms. The van der Waals surface area contributed by atoms with E-state index in [2.05, 4.69) is 24.4 Å². The molecule has 1 aliphatic heterocycles. The van der Waals surface area contributed by atoms with E-state index in [0.717, 1.165) is 24.0 Å². The number of aryl methyl sites for hydroxylation is 2. The van der Waals surface area contributed by atoms with Crippen molar-refractivity contribution in [3.8, 4) is 11.5 Å². The highest BCUT2D eigenvalue weighted by Gasteiger charge is 2.14. The van der Waals surface area contributed by atoms with Crippen LogP contribution in [0.25, 0.3) is 0 Å². The molecule has 106 valence electrons. The molecule has 1 saturated heterocycles. The zero-order chi connectivity index (χ0) is 13.7. The van der Waals surface area contributed by atoms with Crippen molar-refractivity contribution in [3.05, 3.63) is 23.3 Å². The van der Waals surface area contributed by atoms with Crippen molar-refractivity contribution in [3.63, 3.8) is 0 Å². The number of hydrogen-bond donors (Lipinski definition) is 1. The minimum atomic E-state index is 0.737. The maximum Gasteiger partial charge on any atom is 0.161 e. The van der Waals surface area contributed by atoms with Gasteiger partial charge < -0.3 is 14.8 Å². The fourth-order valence-electron chi connectivity index (χ4n) is 2.83. The molecular formula is C16H25NO2. The van der Waals surface area contributed by atoms with Crippen LogP contribution in [0.2, 0.25) is 0 Å². The third kappa shape index (κ3) is 3.63. The summed E-state index contributed by atoms with van der Waals surface area (Å²) >= 11 is 0. The van der Waals surface area contributed by atoms with Crippen LogP contribution in [0, 0.1) is 6.92 Å². The summed E-state index contributed by atoms with van der Waals surface area (Å²) in [6.07, 6.45) is 6.29. The van der Waals surface area contributed by atoms with Crippen LogP contribution in [0.5, 0.6) is 11.5 Å². The Bertz CT molecular complexity index is 411. The van der Waals surface area contributed by atoms with Gasteiger partial charge in [0, 0.05) is 6.04 Å². The molecule has 1 aliphatic rings. The first-order chi connectivity index (χ1) is 9.24. The van der Waals surface area contributed by atoms with E-state index >= 15 is 0 Å². The first-order valence-electron chi connectivity index (χ1n) is 7.19. The van der Waals surface area contributed by atoms with E-state index in [1.807, 2.05) is 0 Å². The number of hydrogen-bond acceptors (Lipinski definition) is 3. The molecule has 0 aliphatic carbocycles. The van der Waals surface area contributed by atoms with Crippen LogP contribution >= 0.6 is 0 Å². The first kappa shape index (κ1) is 14.2. The van der Waals surface area contributed by atoms with Crippen molar-refractivity contribution in [1.82, 2.24) is 5.32 Å². The number of rotatable bonds is 6. The zero-order valence-electron chi connectivity index (χ0n) is 12.3. The van der Waals surface area contributed by atoms with Gasteiger partial charge in [-0.15, -0.1) is 0 Å². The summed E-state index contributed by atoms with van der Waals surface area (Å²) in [6, 6.07) is 4.93. The lowest BCUT2D eigenvalue weighted by molar-refractivity contribution is 0.354. The average Bonchev–Trinajstić information content (AvgIpc) is 2.93. The molecule has 19 heavy (non-hydrogen) atoms. The van der Waals surface area contributed by atoms with Gasteiger partial charge in [-0.2, -0.15) is 0 Å². The smallest absolute Gasteiger partial charge is 0.161 e. The van der Waals surface area contributed by atoms with Crippen molar-refractivity contribution >= 4 is 0 Å². The van der Waals surface area contributed by atoms with Crippen LogP contribution < -0.4 is 14.8 Å². The molecule has 3 heteroatoms. The molecule has 1 N–H and O–H groups in total. The zero-order valence-corrected chi connectivity index (χ0v) is 12.3. The maximum absolute atomic E-state index is 5.37. The van der Waals surface area contributed by atoms with Gasteiger partial charge in [-0.25, -0.2) is 0 Å². The van der Waals surface area contributed by atoms with Crippen LogP contribution in [-0.4, -0.2) is 26.8 Å². The summed E-state index contributed by atoms with van der Waals surface area (Å²) in [5.41, 5.74) is 2.66. The Hall–Kier alpha value is -1.22. The average molecular weight is 263 g/mol. The van der Waals surface area contributed by atoms with E-state index in [1.54, 1.807) is 14.2 Å². The monoisotopic (exact) mass is 263 g/mol. The summed E-state index contributed by atoms with van der Waals surface area (Å²) in [6.45, 7) is 3.34. The van der Waals surface area contributed by atoms with Crippen molar-refractivity contribution in [1.29, 1.82) is 0 Å². The normalized spacial score (nSPS) is 18.6. The summed E-state index contributed by atoms with van der Waals surface area (Å²) in [5.74, 6) is 1.66. The minimum Gasteiger partial charge on any atom is -0.493 e. The van der Waals surface area contributed by atoms with Crippen LogP contribution in [0.4, 0.5) is 0 Å². The van der Waals surface area contributed by atoms with E-state index in [9.17, 15) is 0 Å². The lowest BCUT2D eigenvalue weighted by atomic mass is 9.99. The van der Waals surface area contributed by atoms with Gasteiger partial charge in [0.1, 0.15) is 0 Å². The Labute approximate surface area is 116 Å². The topological polar surface area (TPSA) is 30.5 Å². The molecule has 3 nitrogen and oxygen atoms in total. The van der Waals surface area contributed by atoms with Crippen LogP contribution in [0.15, 0.2) is 12.1 Å². The molecule has 2 rings (SSSR count). The lowest BCUT2D eigenvalue weighted by Gasteiger charge is -2.14. The number of nitrogens with one attached hydrogen (secondary N) is 1. The molecule has 0 saturated carbocycles. The largest absolute Gasteiger partial charge is 0.493 e. The Morgan fingerprint density at radius 1 is 1.21 bits per heavy atom. The van der Waals surface area contributed by atoms with Gasteiger partial charge in [-0.1, -0.05) is 0 Å². The Morgan fingerprint density at radius 3 is 2.58 bits per heavy atom. The first-order valence-corrected chi connectivity index (χ1v) is 7.19. The molecule has 1 aromatic rings. The van der Waals surface area contributed by atoms with Crippen molar-refractivity contribution in [2.24, 2.45) is 0 Å². The Kier molecular flexibility index (Phi) is 5.08. The summed E-state index contributed by atoms with van der Waals surface area (Å²) < 4.78 is 10.7. The van der Waals surface area contributed by atoms with Crippen LogP contribution in [0.1, 0.15) is 36.8 Å². The van der Waals surface area contributed by atoms with Gasteiger partial charge in [0.25, 0.3) is 0 Å². The predicted octanol–water partition coefficient (Wildman–Crippen LogP) is 3.09. The quantitative estimate of drug-likeness (QED) is 0.855. The van der Waals surface area contributed by atoms with E-state index in [4.69, 9.17) is 9.47 Å². The fourth-order valence-corrected chi connectivity index (χ4v) is 2.83. The van der Waals surface area contributed by atoms with E-state index in [-0.39, 0.29) is 0 Å². The molecule has 0 aromatic heterocycles. The lowest BCUT2D eigenvalue weighted by Crippen LogP contribution is -2.21. The highest BCUT2D eigenvalue weighted by Crippen LogP contribution is 2.31. The standard InChI is InChI=1S/C16H25NO2/c1-12-10-15(18-2)16(19-3)11-13(12)6-4-7-14-8-5-9-17-14/h10-11,14,17H,4-9H2,1-3H3. The van der Waals surface area contributed by atoms with Crippen molar-refractivity contribution in [2.45, 2.75) is 45.1 Å². The predicted molar refractivity (Wildman–Crippen MR) is 78.2 cm³/mol. The summed E-state index contributed by atoms with van der Waals surface area (Å²) in [5, 5.41) is 3.55. The molecule has 1 heterocycles. The van der Waals surface area contributed by atoms with Gasteiger partial charge in [0.15, 0.2) is 11.5 Å². The molecule has 0 amide bonds. The second-order valence-electron chi connectivity index (χ2n) is 5.32. The second-order valence-corrected chi connectivity index (χ2v) is 5.32. The fraction of sp³-hybridized carbons (Fsp3) is 0.625. The van der Waals surface area contributed by atoms with Crippen molar-refractivity contribution < 1.29 is 9.47 Å². The maximum atomic E-state index is 5.37. The van der Waals surface area contributed by atoms with Gasteiger partial charge in [0.2, 0.25) is 0 Å². The van der Waals surface area contributed by atoms with Crippen molar-refractivity contribution in [2.75, 3.05) is 20.8 Å². The van der Waals surface area contributed by atoms with E-state index < -0.39 is 0 Å². The van der Waals surface area contributed by atoms with Gasteiger partial charge >= 0.3 is 0 Å². The molecule has 1 fully saturated rings. The van der Waals surface area contributed by atoms with Gasteiger partial charge in [-0.05, 0) is 68.8 Å². The number of methoxy groups -OCH3 is 2. The SMILES string of the molecule is COc1cc(C)c(CCCC2CCCN2)cc1OC. The highest BCUT2D eigenvalue weighted by atomic mass is 16.5. The summed E-state index contributed by atoms with van der Waals surface area (Å²) in [7, 11) is 3.38. The molecule has 1 atom stereocenters. The van der Waals surface area contributed by atoms with E-state index in [1.165, 1.54) is 43.4 Å². The third-order valence-electron chi connectivity index (χ3n) is 4.00. The second kappa shape index (κ2) is 6.80. The summed E-state index contributed by atoms with van der Waals surface area (Å²) in [4.78, 5) is 0. The molecular weight excluding hydrogens is 238 g/mol. The number of ether oxygens (including phenoxy) is 2. The Balaban J connectivity index is 1.95.